The molecule has 5 aliphatic rings. The summed E-state index contributed by atoms with van der Waals surface area (Å²) in [6.45, 7) is 1.16. The third kappa shape index (κ3) is 3.54. The highest BCUT2D eigenvalue weighted by Crippen LogP contribution is 2.64. The first-order chi connectivity index (χ1) is 14.6. The molecule has 1 aromatic carbocycles. The van der Waals surface area contributed by atoms with Crippen LogP contribution in [0.5, 0.6) is 0 Å². The van der Waals surface area contributed by atoms with Gasteiger partial charge < -0.3 is 4.90 Å². The SMILES string of the molecule is O=C(N1CCN(S(=O)(=O)c2ccc([N+](=O)[O-])cc2)CC1)C12CC3CC(CC(Cl)(C3)C1)C2. The molecule has 168 valence electrons. The summed E-state index contributed by atoms with van der Waals surface area (Å²) in [6, 6.07) is 4.92. The summed E-state index contributed by atoms with van der Waals surface area (Å²) in [6.07, 6.45) is 5.79. The molecule has 1 heterocycles. The van der Waals surface area contributed by atoms with Crippen LogP contribution >= 0.6 is 11.6 Å². The molecule has 4 bridgehead atoms. The molecule has 10 heteroatoms. The largest absolute Gasteiger partial charge is 0.340 e. The van der Waals surface area contributed by atoms with Crippen LogP contribution in [0, 0.1) is 27.4 Å². The smallest absolute Gasteiger partial charge is 0.269 e. The quantitative estimate of drug-likeness (QED) is 0.385. The van der Waals surface area contributed by atoms with Crippen LogP contribution in [-0.2, 0) is 14.8 Å². The lowest BCUT2D eigenvalue weighted by Crippen LogP contribution is -2.61. The number of non-ortho nitro benzene ring substituents is 1. The standard InChI is InChI=1S/C21H26ClN3O5S/c22-21-12-15-9-16(13-21)11-20(10-15,14-21)19(26)23-5-7-24(8-6-23)31(29,30)18-3-1-17(2-4-18)25(27)28/h1-4,15-16H,5-14H2. The highest BCUT2D eigenvalue weighted by molar-refractivity contribution is 7.89. The molecule has 6 rings (SSSR count). The van der Waals surface area contributed by atoms with Gasteiger partial charge in [-0.1, -0.05) is 0 Å². The number of halogens is 1. The van der Waals surface area contributed by atoms with E-state index in [9.17, 15) is 23.3 Å². The van der Waals surface area contributed by atoms with Crippen molar-refractivity contribution in [1.82, 2.24) is 9.21 Å². The van der Waals surface area contributed by atoms with E-state index in [2.05, 4.69) is 0 Å². The minimum Gasteiger partial charge on any atom is -0.340 e. The Morgan fingerprint density at radius 3 is 2.13 bits per heavy atom. The van der Waals surface area contributed by atoms with Crippen LogP contribution in [0.15, 0.2) is 29.2 Å². The van der Waals surface area contributed by atoms with Gasteiger partial charge in [0.2, 0.25) is 15.9 Å². The lowest BCUT2D eigenvalue weighted by Gasteiger charge is -2.60. The van der Waals surface area contributed by atoms with Crippen LogP contribution in [0.4, 0.5) is 5.69 Å². The Morgan fingerprint density at radius 1 is 1.03 bits per heavy atom. The van der Waals surface area contributed by atoms with Gasteiger partial charge in [0.25, 0.3) is 5.69 Å². The number of nitrogens with zero attached hydrogens (tertiary/aromatic N) is 3. The van der Waals surface area contributed by atoms with Crippen molar-refractivity contribution in [1.29, 1.82) is 0 Å². The summed E-state index contributed by atoms with van der Waals surface area (Å²) >= 11 is 6.88. The van der Waals surface area contributed by atoms with Crippen molar-refractivity contribution in [2.75, 3.05) is 26.2 Å². The third-order valence-corrected chi connectivity index (χ3v) is 10.0. The van der Waals surface area contributed by atoms with Crippen molar-refractivity contribution in [2.24, 2.45) is 17.3 Å². The van der Waals surface area contributed by atoms with Crippen molar-refractivity contribution in [3.05, 3.63) is 34.4 Å². The van der Waals surface area contributed by atoms with Crippen molar-refractivity contribution in [3.63, 3.8) is 0 Å². The summed E-state index contributed by atoms with van der Waals surface area (Å²) in [5, 5.41) is 10.8. The number of alkyl halides is 1. The normalized spacial score (nSPS) is 35.3. The second-order valence-electron chi connectivity index (χ2n) is 9.84. The predicted octanol–water partition coefficient (Wildman–Crippen LogP) is 3.01. The van der Waals surface area contributed by atoms with Gasteiger partial charge in [-0.2, -0.15) is 4.31 Å². The Morgan fingerprint density at radius 2 is 1.61 bits per heavy atom. The maximum Gasteiger partial charge on any atom is 0.269 e. The zero-order valence-electron chi connectivity index (χ0n) is 17.2. The number of carbonyl (C=O) groups is 1. The summed E-state index contributed by atoms with van der Waals surface area (Å²) in [4.78, 5) is 25.4. The Balaban J connectivity index is 1.27. The van der Waals surface area contributed by atoms with Gasteiger partial charge in [-0.05, 0) is 62.5 Å². The molecule has 5 fully saturated rings. The van der Waals surface area contributed by atoms with Crippen molar-refractivity contribution >= 4 is 33.2 Å². The number of amides is 1. The third-order valence-electron chi connectivity index (χ3n) is 7.65. The minimum absolute atomic E-state index is 0.0306. The summed E-state index contributed by atoms with van der Waals surface area (Å²) in [5.41, 5.74) is -0.521. The van der Waals surface area contributed by atoms with E-state index >= 15 is 0 Å². The second-order valence-corrected chi connectivity index (χ2v) is 12.6. The first kappa shape index (κ1) is 21.2. The second kappa shape index (κ2) is 7.15. The molecule has 0 spiro atoms. The fraction of sp³-hybridized carbons (Fsp3) is 0.667. The molecular formula is C21H26ClN3O5S. The molecule has 2 unspecified atom stereocenters. The maximum absolute atomic E-state index is 13.6. The Hall–Kier alpha value is -1.71. The van der Waals surface area contributed by atoms with Gasteiger partial charge in [-0.3, -0.25) is 14.9 Å². The average Bonchev–Trinajstić information content (AvgIpc) is 2.71. The van der Waals surface area contributed by atoms with Crippen LogP contribution in [0.3, 0.4) is 0 Å². The number of nitro groups is 1. The Kier molecular flexibility index (Phi) is 4.88. The van der Waals surface area contributed by atoms with Gasteiger partial charge in [0.15, 0.2) is 0 Å². The van der Waals surface area contributed by atoms with E-state index in [-0.39, 0.29) is 39.9 Å². The maximum atomic E-state index is 13.6. The summed E-state index contributed by atoms with van der Waals surface area (Å²) in [7, 11) is -3.76. The molecule has 31 heavy (non-hydrogen) atoms. The van der Waals surface area contributed by atoms with E-state index in [1.165, 1.54) is 35.0 Å². The van der Waals surface area contributed by atoms with Crippen LogP contribution in [0.1, 0.15) is 38.5 Å². The highest BCUT2D eigenvalue weighted by atomic mass is 35.5. The molecule has 0 radical (unpaired) electrons. The molecule has 8 nitrogen and oxygen atoms in total. The monoisotopic (exact) mass is 467 g/mol. The van der Waals surface area contributed by atoms with E-state index in [1.807, 2.05) is 4.90 Å². The van der Waals surface area contributed by atoms with Gasteiger partial charge in [-0.15, -0.1) is 11.6 Å². The fourth-order valence-electron chi connectivity index (χ4n) is 6.76. The summed E-state index contributed by atoms with van der Waals surface area (Å²) < 4.78 is 27.2. The molecular weight excluding hydrogens is 442 g/mol. The van der Waals surface area contributed by atoms with Crippen LogP contribution in [0.2, 0.25) is 0 Å². The summed E-state index contributed by atoms with van der Waals surface area (Å²) in [5.74, 6) is 1.22. The highest BCUT2D eigenvalue weighted by Gasteiger charge is 2.60. The molecule has 1 saturated heterocycles. The molecule has 1 aliphatic heterocycles. The number of piperazine rings is 1. The first-order valence-corrected chi connectivity index (χ1v) is 12.7. The minimum atomic E-state index is -3.76. The van der Waals surface area contributed by atoms with Gasteiger partial charge >= 0.3 is 0 Å². The number of benzene rings is 1. The van der Waals surface area contributed by atoms with E-state index < -0.39 is 14.9 Å². The molecule has 4 aliphatic carbocycles. The van der Waals surface area contributed by atoms with Crippen LogP contribution in [-0.4, -0.2) is 59.5 Å². The zero-order chi connectivity index (χ0) is 22.0. The van der Waals surface area contributed by atoms with E-state index in [0.717, 1.165) is 32.1 Å². The van der Waals surface area contributed by atoms with Crippen LogP contribution in [0.25, 0.3) is 0 Å². The van der Waals surface area contributed by atoms with Crippen molar-refractivity contribution in [3.8, 4) is 0 Å². The number of hydrogen-bond donors (Lipinski definition) is 0. The average molecular weight is 468 g/mol. The lowest BCUT2D eigenvalue weighted by atomic mass is 9.49. The number of rotatable bonds is 4. The Labute approximate surface area is 186 Å². The molecule has 1 amide bonds. The molecule has 0 N–H and O–H groups in total. The molecule has 2 atom stereocenters. The molecule has 4 saturated carbocycles. The van der Waals surface area contributed by atoms with Gasteiger partial charge in [-0.25, -0.2) is 8.42 Å². The van der Waals surface area contributed by atoms with Crippen molar-refractivity contribution < 1.29 is 18.1 Å². The van der Waals surface area contributed by atoms with Gasteiger partial charge in [0, 0.05) is 43.2 Å². The lowest BCUT2D eigenvalue weighted by molar-refractivity contribution is -0.384. The zero-order valence-corrected chi connectivity index (χ0v) is 18.8. The molecule has 0 aromatic heterocycles. The van der Waals surface area contributed by atoms with Gasteiger partial charge in [0.05, 0.1) is 15.2 Å². The number of nitro benzene ring substituents is 1. The fourth-order valence-corrected chi connectivity index (χ4v) is 8.87. The van der Waals surface area contributed by atoms with Crippen molar-refractivity contribution in [2.45, 2.75) is 48.3 Å². The molecule has 1 aromatic rings. The first-order valence-electron chi connectivity index (χ1n) is 10.8. The van der Waals surface area contributed by atoms with E-state index in [4.69, 9.17) is 11.6 Å². The van der Waals surface area contributed by atoms with E-state index in [0.29, 0.717) is 24.9 Å². The number of hydrogen-bond acceptors (Lipinski definition) is 5. The topological polar surface area (TPSA) is 101 Å². The van der Waals surface area contributed by atoms with E-state index in [1.54, 1.807) is 0 Å². The predicted molar refractivity (Wildman–Crippen MR) is 114 cm³/mol. The van der Waals surface area contributed by atoms with Crippen LogP contribution < -0.4 is 0 Å². The number of sulfonamides is 1. The van der Waals surface area contributed by atoms with Gasteiger partial charge in [0.1, 0.15) is 0 Å². The Bertz CT molecular complexity index is 1010. The number of carbonyl (C=O) groups excluding carboxylic acids is 1.